The highest BCUT2D eigenvalue weighted by atomic mass is 32.2. The molecule has 1 unspecified atom stereocenters. The Morgan fingerprint density at radius 1 is 1.24 bits per heavy atom. The maximum Gasteiger partial charge on any atom is 0.416 e. The van der Waals surface area contributed by atoms with Gasteiger partial charge in [0.05, 0.1) is 17.4 Å². The molecule has 0 aliphatic carbocycles. The average Bonchev–Trinajstić information content (AvgIpc) is 3.10. The second kappa shape index (κ2) is 10.0. The highest BCUT2D eigenvalue weighted by Gasteiger charge is 2.41. The zero-order valence-corrected chi connectivity index (χ0v) is 18.6. The molecule has 6 nitrogen and oxygen atoms in total. The minimum atomic E-state index is -4.50. The lowest BCUT2D eigenvalue weighted by Crippen LogP contribution is -2.31. The number of benzene rings is 2. The summed E-state index contributed by atoms with van der Waals surface area (Å²) in [4.78, 5) is 26.9. The number of hydrogen-bond donors (Lipinski definition) is 1. The second-order valence-corrected chi connectivity index (χ2v) is 8.17. The number of amides is 2. The molecule has 1 atom stereocenters. The third-order valence-electron chi connectivity index (χ3n) is 4.81. The lowest BCUT2D eigenvalue weighted by molar-refractivity contribution is -0.137. The maximum absolute atomic E-state index is 13.3. The van der Waals surface area contributed by atoms with Crippen LogP contribution in [-0.2, 0) is 22.2 Å². The number of carbonyl (C=O) groups is 2. The molecular weight excluding hydrogens is 455 g/mol. The van der Waals surface area contributed by atoms with Gasteiger partial charge in [-0.25, -0.2) is 0 Å². The Balaban J connectivity index is 2.00. The first kappa shape index (κ1) is 24.2. The van der Waals surface area contributed by atoms with Crippen molar-refractivity contribution < 1.29 is 27.5 Å². The molecule has 1 heterocycles. The molecule has 1 saturated heterocycles. The summed E-state index contributed by atoms with van der Waals surface area (Å²) in [6, 6.07) is 13.1. The molecule has 1 N–H and O–H groups in total. The number of carbonyl (C=O) groups excluding carboxylic acids is 2. The zero-order chi connectivity index (χ0) is 24.2. The van der Waals surface area contributed by atoms with Crippen molar-refractivity contribution in [3.8, 4) is 11.8 Å². The molecule has 0 saturated carbocycles. The number of thioether (sulfide) groups is 1. The van der Waals surface area contributed by atoms with E-state index in [9.17, 15) is 28.0 Å². The summed E-state index contributed by atoms with van der Waals surface area (Å²) in [6.07, 6.45) is -4.51. The fourth-order valence-electron chi connectivity index (χ4n) is 3.29. The van der Waals surface area contributed by atoms with E-state index >= 15 is 0 Å². The van der Waals surface area contributed by atoms with Crippen LogP contribution in [0.4, 0.5) is 18.9 Å². The van der Waals surface area contributed by atoms with Crippen LogP contribution >= 0.6 is 11.8 Å². The van der Waals surface area contributed by atoms with Gasteiger partial charge in [0.25, 0.3) is 5.91 Å². The number of nitrogens with one attached hydrogen (secondary N) is 1. The molecule has 2 aromatic rings. The summed E-state index contributed by atoms with van der Waals surface area (Å²) in [5.41, 5.74) is -0.329. The van der Waals surface area contributed by atoms with Gasteiger partial charge in [-0.3, -0.25) is 14.5 Å². The van der Waals surface area contributed by atoms with Crippen LogP contribution in [0.1, 0.15) is 18.1 Å². The second-order valence-electron chi connectivity index (χ2n) is 6.98. The Morgan fingerprint density at radius 3 is 2.52 bits per heavy atom. The van der Waals surface area contributed by atoms with Crippen LogP contribution in [-0.4, -0.2) is 30.7 Å². The van der Waals surface area contributed by atoms with Gasteiger partial charge in [-0.1, -0.05) is 30.0 Å². The van der Waals surface area contributed by atoms with Gasteiger partial charge in [-0.15, -0.1) is 0 Å². The SMILES string of the molecule is CCOc1ccc(N2C(=O)C(Cc3cccc(C(F)(F)F)c3)S/C2=C(/C#N)C(=O)NC)cc1. The maximum atomic E-state index is 13.3. The number of anilines is 1. The molecule has 0 aromatic heterocycles. The Kier molecular flexibility index (Phi) is 7.33. The van der Waals surface area contributed by atoms with Crippen molar-refractivity contribution >= 4 is 29.3 Å². The van der Waals surface area contributed by atoms with Crippen molar-refractivity contribution in [2.45, 2.75) is 24.8 Å². The molecule has 2 amide bonds. The first-order valence-electron chi connectivity index (χ1n) is 9.95. The Bertz CT molecular complexity index is 1120. The summed E-state index contributed by atoms with van der Waals surface area (Å²) in [7, 11) is 1.36. The van der Waals surface area contributed by atoms with Gasteiger partial charge >= 0.3 is 6.18 Å². The molecule has 1 fully saturated rings. The third-order valence-corrected chi connectivity index (χ3v) is 6.08. The minimum absolute atomic E-state index is 0.00307. The van der Waals surface area contributed by atoms with E-state index in [1.165, 1.54) is 24.1 Å². The molecule has 0 spiro atoms. The van der Waals surface area contributed by atoms with Crippen LogP contribution in [0.5, 0.6) is 5.75 Å². The van der Waals surface area contributed by atoms with Crippen molar-refractivity contribution in [2.24, 2.45) is 0 Å². The fourth-order valence-corrected chi connectivity index (χ4v) is 4.60. The van der Waals surface area contributed by atoms with E-state index < -0.39 is 28.8 Å². The number of hydrogen-bond acceptors (Lipinski definition) is 5. The van der Waals surface area contributed by atoms with E-state index in [0.717, 1.165) is 23.9 Å². The fraction of sp³-hybridized carbons (Fsp3) is 0.261. The summed E-state index contributed by atoms with van der Waals surface area (Å²) in [6.45, 7) is 2.29. The molecule has 3 rings (SSSR count). The molecule has 172 valence electrons. The Hall–Kier alpha value is -3.45. The lowest BCUT2D eigenvalue weighted by atomic mass is 10.1. The topological polar surface area (TPSA) is 82.4 Å². The molecular formula is C23H20F3N3O3S. The zero-order valence-electron chi connectivity index (χ0n) is 17.8. The van der Waals surface area contributed by atoms with Gasteiger partial charge in [0.15, 0.2) is 0 Å². The monoisotopic (exact) mass is 475 g/mol. The largest absolute Gasteiger partial charge is 0.494 e. The number of alkyl halides is 3. The summed E-state index contributed by atoms with van der Waals surface area (Å²) in [5.74, 6) is -0.518. The first-order valence-corrected chi connectivity index (χ1v) is 10.8. The van der Waals surface area contributed by atoms with Crippen molar-refractivity contribution in [3.05, 3.63) is 70.3 Å². The van der Waals surface area contributed by atoms with Crippen LogP contribution in [0, 0.1) is 11.3 Å². The smallest absolute Gasteiger partial charge is 0.416 e. The number of nitrogens with zero attached hydrogens (tertiary/aromatic N) is 2. The number of ether oxygens (including phenoxy) is 1. The van der Waals surface area contributed by atoms with Crippen LogP contribution in [0.2, 0.25) is 0 Å². The highest BCUT2D eigenvalue weighted by molar-refractivity contribution is 8.05. The molecule has 1 aliphatic heterocycles. The van der Waals surface area contributed by atoms with Crippen molar-refractivity contribution in [3.63, 3.8) is 0 Å². The van der Waals surface area contributed by atoms with Gasteiger partial charge in [-0.2, -0.15) is 18.4 Å². The molecule has 2 aromatic carbocycles. The number of halogens is 3. The predicted molar refractivity (Wildman–Crippen MR) is 118 cm³/mol. The van der Waals surface area contributed by atoms with E-state index in [4.69, 9.17) is 4.74 Å². The first-order chi connectivity index (χ1) is 15.7. The van der Waals surface area contributed by atoms with Crippen LogP contribution in [0.3, 0.4) is 0 Å². The van der Waals surface area contributed by atoms with E-state index in [-0.39, 0.29) is 17.0 Å². The minimum Gasteiger partial charge on any atom is -0.494 e. The van der Waals surface area contributed by atoms with Gasteiger partial charge in [0, 0.05) is 12.7 Å². The quantitative estimate of drug-likeness (QED) is 0.498. The van der Waals surface area contributed by atoms with Gasteiger partial charge < -0.3 is 10.1 Å². The van der Waals surface area contributed by atoms with Crippen LogP contribution in [0.25, 0.3) is 0 Å². The van der Waals surface area contributed by atoms with E-state index in [2.05, 4.69) is 5.32 Å². The molecule has 10 heteroatoms. The number of nitriles is 1. The van der Waals surface area contributed by atoms with E-state index in [1.807, 2.05) is 13.0 Å². The number of likely N-dealkylation sites (N-methyl/N-ethyl adjacent to an activating group) is 1. The Morgan fingerprint density at radius 2 is 1.94 bits per heavy atom. The molecule has 0 radical (unpaired) electrons. The predicted octanol–water partition coefficient (Wildman–Crippen LogP) is 4.28. The standard InChI is InChI=1S/C23H20F3N3O3S/c1-3-32-17-9-7-16(8-10-17)29-21(31)19(33-22(29)18(13-27)20(30)28-2)12-14-5-4-6-15(11-14)23(24,25)26/h4-11,19H,3,12H2,1-2H3,(H,28,30)/b22-18-. The third kappa shape index (κ3) is 5.31. The molecule has 1 aliphatic rings. The highest BCUT2D eigenvalue weighted by Crippen LogP contribution is 2.42. The normalized spacial score (nSPS) is 17.5. The number of rotatable bonds is 6. The molecule has 0 bridgehead atoms. The summed E-state index contributed by atoms with van der Waals surface area (Å²) < 4.78 is 44.7. The Labute approximate surface area is 193 Å². The van der Waals surface area contributed by atoms with Gasteiger partial charge in [-0.05, 0) is 49.2 Å². The van der Waals surface area contributed by atoms with Crippen molar-refractivity contribution in [1.82, 2.24) is 5.32 Å². The summed E-state index contributed by atoms with van der Waals surface area (Å²) in [5, 5.41) is 11.3. The van der Waals surface area contributed by atoms with Crippen molar-refractivity contribution in [1.29, 1.82) is 5.26 Å². The van der Waals surface area contributed by atoms with Crippen molar-refractivity contribution in [2.75, 3.05) is 18.6 Å². The lowest BCUT2D eigenvalue weighted by Gasteiger charge is -2.19. The van der Waals surface area contributed by atoms with E-state index in [0.29, 0.717) is 23.6 Å². The summed E-state index contributed by atoms with van der Waals surface area (Å²) >= 11 is 0.981. The van der Waals surface area contributed by atoms with Crippen LogP contribution in [0.15, 0.2) is 59.1 Å². The average molecular weight is 475 g/mol. The van der Waals surface area contributed by atoms with E-state index in [1.54, 1.807) is 24.3 Å². The van der Waals surface area contributed by atoms with Gasteiger partial charge in [0.2, 0.25) is 5.91 Å². The van der Waals surface area contributed by atoms with Crippen LogP contribution < -0.4 is 15.0 Å². The van der Waals surface area contributed by atoms with Gasteiger partial charge in [0.1, 0.15) is 22.4 Å². The molecule has 33 heavy (non-hydrogen) atoms.